The van der Waals surface area contributed by atoms with Gasteiger partial charge in [0.05, 0.1) is 0 Å². The van der Waals surface area contributed by atoms with Gasteiger partial charge in [-0.05, 0) is 86.4 Å². The van der Waals surface area contributed by atoms with Crippen molar-refractivity contribution < 1.29 is 33.4 Å². The average Bonchev–Trinajstić information content (AvgIpc) is 3.16. The third-order valence-electron chi connectivity index (χ3n) is 11.1. The number of aldehydes is 1. The van der Waals surface area contributed by atoms with E-state index in [9.17, 15) is 19.2 Å². The van der Waals surface area contributed by atoms with Crippen molar-refractivity contribution >= 4 is 24.2 Å². The van der Waals surface area contributed by atoms with Crippen molar-refractivity contribution in [1.82, 2.24) is 0 Å². The first kappa shape index (κ1) is 28.1. The van der Waals surface area contributed by atoms with Crippen LogP contribution in [0.25, 0.3) is 0 Å². The lowest BCUT2D eigenvalue weighted by molar-refractivity contribution is -0.224. The van der Waals surface area contributed by atoms with Crippen LogP contribution in [0.15, 0.2) is 0 Å². The van der Waals surface area contributed by atoms with Gasteiger partial charge in [-0.2, -0.15) is 0 Å². The summed E-state index contributed by atoms with van der Waals surface area (Å²) >= 11 is 0. The summed E-state index contributed by atoms with van der Waals surface area (Å²) in [5, 5.41) is 0. The fraction of sp³-hybridized carbons (Fsp3) is 0.867. The molecule has 0 aromatic rings. The van der Waals surface area contributed by atoms with Crippen molar-refractivity contribution in [2.24, 2.45) is 46.3 Å². The highest BCUT2D eigenvalue weighted by atomic mass is 16.6. The predicted octanol–water partition coefficient (Wildman–Crippen LogP) is 5.28. The molecule has 0 spiro atoms. The van der Waals surface area contributed by atoms with Gasteiger partial charge in [0.25, 0.3) is 0 Å². The number of rotatable bonds is 7. The summed E-state index contributed by atoms with van der Waals surface area (Å²) in [6.07, 6.45) is 8.02. The second-order valence-corrected chi connectivity index (χ2v) is 13.0. The Morgan fingerprint density at radius 2 is 1.57 bits per heavy atom. The van der Waals surface area contributed by atoms with Crippen molar-refractivity contribution in [3.8, 4) is 0 Å². The maximum absolute atomic E-state index is 12.4. The quantitative estimate of drug-likeness (QED) is 0.257. The first-order chi connectivity index (χ1) is 17.4. The van der Waals surface area contributed by atoms with Crippen molar-refractivity contribution in [1.29, 1.82) is 0 Å². The standard InChI is InChI=1S/C30H46O7/c1-17(8-7-13-31)23-9-10-24-28-25(16-27(30(23,24)6)37-20(4)34)29(5)12-11-22(35-18(2)32)14-21(29)15-26(28)36-19(3)33/h13,17,21-28H,7-12,14-16H2,1-6H3/t17?,21-,22+,23+,24?,25?,26+,27-,28?,29-,30+/m0/s1. The third kappa shape index (κ3) is 5.08. The number of fused-ring (bicyclic) bond motifs is 5. The predicted molar refractivity (Wildman–Crippen MR) is 137 cm³/mol. The lowest BCUT2D eigenvalue weighted by Crippen LogP contribution is -2.63. The summed E-state index contributed by atoms with van der Waals surface area (Å²) in [6, 6.07) is 0. The molecule has 0 heterocycles. The maximum Gasteiger partial charge on any atom is 0.302 e. The molecule has 0 saturated heterocycles. The summed E-state index contributed by atoms with van der Waals surface area (Å²) < 4.78 is 17.9. The van der Waals surface area contributed by atoms with Crippen molar-refractivity contribution in [3.05, 3.63) is 0 Å². The van der Waals surface area contributed by atoms with Crippen molar-refractivity contribution in [3.63, 3.8) is 0 Å². The van der Waals surface area contributed by atoms with Crippen molar-refractivity contribution in [2.75, 3.05) is 0 Å². The zero-order valence-electron chi connectivity index (χ0n) is 23.5. The van der Waals surface area contributed by atoms with Gasteiger partial charge in [0, 0.05) is 38.5 Å². The summed E-state index contributed by atoms with van der Waals surface area (Å²) in [7, 11) is 0. The summed E-state index contributed by atoms with van der Waals surface area (Å²) in [5.41, 5.74) is -0.232. The molecule has 0 bridgehead atoms. The molecule has 4 aliphatic carbocycles. The topological polar surface area (TPSA) is 96.0 Å². The van der Waals surface area contributed by atoms with E-state index >= 15 is 0 Å². The molecule has 37 heavy (non-hydrogen) atoms. The summed E-state index contributed by atoms with van der Waals surface area (Å²) in [5.74, 6) is 0.923. The minimum Gasteiger partial charge on any atom is -0.463 e. The molecule has 4 fully saturated rings. The number of carbonyl (C=O) groups excluding carboxylic acids is 4. The van der Waals surface area contributed by atoms with Gasteiger partial charge in [0.2, 0.25) is 0 Å². The first-order valence-corrected chi connectivity index (χ1v) is 14.4. The number of esters is 3. The summed E-state index contributed by atoms with van der Waals surface area (Å²) in [4.78, 5) is 47.5. The Balaban J connectivity index is 1.72. The molecule has 7 nitrogen and oxygen atoms in total. The van der Waals surface area contributed by atoms with Crippen LogP contribution < -0.4 is 0 Å². The number of carbonyl (C=O) groups is 4. The van der Waals surface area contributed by atoms with Gasteiger partial charge in [-0.15, -0.1) is 0 Å². The van der Waals surface area contributed by atoms with E-state index in [0.29, 0.717) is 18.3 Å². The van der Waals surface area contributed by atoms with Crippen LogP contribution in [0.4, 0.5) is 0 Å². The molecule has 4 aliphatic rings. The molecular formula is C30H46O7. The van der Waals surface area contributed by atoms with Crippen LogP contribution in [0.1, 0.15) is 99.3 Å². The highest BCUT2D eigenvalue weighted by Crippen LogP contribution is 2.69. The van der Waals surface area contributed by atoms with Gasteiger partial charge < -0.3 is 19.0 Å². The molecule has 4 saturated carbocycles. The van der Waals surface area contributed by atoms with Crippen LogP contribution in [0, 0.1) is 46.3 Å². The minimum absolute atomic E-state index is 0.00108. The Morgan fingerprint density at radius 1 is 0.892 bits per heavy atom. The van der Waals surface area contributed by atoms with E-state index in [1.807, 2.05) is 0 Å². The molecule has 4 rings (SSSR count). The second-order valence-electron chi connectivity index (χ2n) is 13.0. The Labute approximate surface area is 221 Å². The van der Waals surface area contributed by atoms with Crippen LogP contribution >= 0.6 is 0 Å². The fourth-order valence-corrected chi connectivity index (χ4v) is 9.65. The Bertz CT molecular complexity index is 900. The Kier molecular flexibility index (Phi) is 8.11. The van der Waals surface area contributed by atoms with E-state index in [4.69, 9.17) is 14.2 Å². The van der Waals surface area contributed by atoms with Gasteiger partial charge in [0.15, 0.2) is 0 Å². The zero-order chi connectivity index (χ0) is 27.1. The molecule has 4 unspecified atom stereocenters. The highest BCUT2D eigenvalue weighted by Gasteiger charge is 2.67. The lowest BCUT2D eigenvalue weighted by atomic mass is 9.43. The Hall–Kier alpha value is -1.92. The van der Waals surface area contributed by atoms with E-state index in [0.717, 1.165) is 57.7 Å². The van der Waals surface area contributed by atoms with Crippen molar-refractivity contribution in [2.45, 2.75) is 118 Å². The van der Waals surface area contributed by atoms with Gasteiger partial charge in [-0.1, -0.05) is 20.8 Å². The normalized spacial score (nSPS) is 43.4. The van der Waals surface area contributed by atoms with Gasteiger partial charge in [0.1, 0.15) is 24.6 Å². The molecule has 7 heteroatoms. The maximum atomic E-state index is 12.4. The second kappa shape index (κ2) is 10.7. The first-order valence-electron chi connectivity index (χ1n) is 14.4. The van der Waals surface area contributed by atoms with Crippen LogP contribution in [0.3, 0.4) is 0 Å². The molecule has 208 valence electrons. The highest BCUT2D eigenvalue weighted by molar-refractivity contribution is 5.67. The number of hydrogen-bond donors (Lipinski definition) is 0. The molecule has 0 radical (unpaired) electrons. The average molecular weight is 519 g/mol. The number of ether oxygens (including phenoxy) is 3. The van der Waals surface area contributed by atoms with Gasteiger partial charge in [-0.25, -0.2) is 0 Å². The van der Waals surface area contributed by atoms with E-state index in [2.05, 4.69) is 20.8 Å². The SMILES string of the molecule is CC(=O)O[C@@H]1CC[C@]2(C)C3C[C@H](OC(C)=O)[C@@]4(C)C(CC[C@@H]4C(C)CCC=O)C3[C@H](OC(C)=O)C[C@@H]2C1. The molecule has 0 aromatic carbocycles. The van der Waals surface area contributed by atoms with Crippen LogP contribution in [0.2, 0.25) is 0 Å². The fourth-order valence-electron chi connectivity index (χ4n) is 9.65. The Morgan fingerprint density at radius 3 is 2.19 bits per heavy atom. The van der Waals surface area contributed by atoms with E-state index in [-0.39, 0.29) is 70.7 Å². The zero-order valence-corrected chi connectivity index (χ0v) is 23.5. The lowest BCUT2D eigenvalue weighted by Gasteiger charge is -2.64. The van der Waals surface area contributed by atoms with Gasteiger partial charge in [-0.3, -0.25) is 14.4 Å². The largest absolute Gasteiger partial charge is 0.463 e. The monoisotopic (exact) mass is 518 g/mol. The minimum atomic E-state index is -0.252. The molecular weight excluding hydrogens is 472 g/mol. The molecule has 0 aromatic heterocycles. The molecule has 11 atom stereocenters. The summed E-state index contributed by atoms with van der Waals surface area (Å²) in [6.45, 7) is 11.4. The van der Waals surface area contributed by atoms with E-state index < -0.39 is 0 Å². The van der Waals surface area contributed by atoms with E-state index in [1.54, 1.807) is 0 Å². The smallest absolute Gasteiger partial charge is 0.302 e. The molecule has 0 amide bonds. The molecule has 0 N–H and O–H groups in total. The van der Waals surface area contributed by atoms with Gasteiger partial charge >= 0.3 is 17.9 Å². The molecule has 0 aliphatic heterocycles. The van der Waals surface area contributed by atoms with E-state index in [1.165, 1.54) is 20.8 Å². The number of hydrogen-bond acceptors (Lipinski definition) is 7. The van der Waals surface area contributed by atoms with Crippen LogP contribution in [0.5, 0.6) is 0 Å². The van der Waals surface area contributed by atoms with Crippen LogP contribution in [-0.2, 0) is 33.4 Å². The van der Waals surface area contributed by atoms with Crippen LogP contribution in [-0.4, -0.2) is 42.5 Å². The third-order valence-corrected chi connectivity index (χ3v) is 11.1.